The Morgan fingerprint density at radius 3 is 2.67 bits per heavy atom. The molecular formula is C12H19NOS. The van der Waals surface area contributed by atoms with E-state index in [0.717, 1.165) is 25.3 Å². The van der Waals surface area contributed by atoms with E-state index in [2.05, 4.69) is 24.3 Å². The van der Waals surface area contributed by atoms with Crippen LogP contribution in [0.3, 0.4) is 0 Å². The molecule has 0 radical (unpaired) electrons. The number of methoxy groups -OCH3 is 1. The number of thioether (sulfide) groups is 1. The van der Waals surface area contributed by atoms with E-state index < -0.39 is 0 Å². The Bertz CT molecular complexity index is 253. The number of benzene rings is 1. The largest absolute Gasteiger partial charge is 0.384 e. The highest BCUT2D eigenvalue weighted by Crippen LogP contribution is 2.31. The quantitative estimate of drug-likeness (QED) is 0.724. The van der Waals surface area contributed by atoms with Gasteiger partial charge in [-0.3, -0.25) is 0 Å². The summed E-state index contributed by atoms with van der Waals surface area (Å²) < 4.78 is 5.05. The van der Waals surface area contributed by atoms with Crippen molar-refractivity contribution in [2.75, 3.05) is 26.0 Å². The minimum atomic E-state index is 0.506. The Balaban J connectivity index is 2.50. The topological polar surface area (TPSA) is 35.2 Å². The molecular weight excluding hydrogens is 206 g/mol. The van der Waals surface area contributed by atoms with Crippen LogP contribution in [0.15, 0.2) is 30.3 Å². The minimum Gasteiger partial charge on any atom is -0.384 e. The Morgan fingerprint density at radius 2 is 2.07 bits per heavy atom. The van der Waals surface area contributed by atoms with Crippen LogP contribution >= 0.6 is 11.8 Å². The lowest BCUT2D eigenvalue weighted by molar-refractivity contribution is 0.218. The maximum absolute atomic E-state index is 5.63. The highest BCUT2D eigenvalue weighted by molar-refractivity contribution is 7.99. The van der Waals surface area contributed by atoms with Crippen LogP contribution in [0, 0.1) is 0 Å². The van der Waals surface area contributed by atoms with E-state index in [1.54, 1.807) is 7.11 Å². The van der Waals surface area contributed by atoms with E-state index in [-0.39, 0.29) is 0 Å². The molecule has 0 spiro atoms. The van der Waals surface area contributed by atoms with E-state index >= 15 is 0 Å². The van der Waals surface area contributed by atoms with Crippen LogP contribution in [0.2, 0.25) is 0 Å². The van der Waals surface area contributed by atoms with Crippen LogP contribution in [0.1, 0.15) is 17.2 Å². The van der Waals surface area contributed by atoms with Gasteiger partial charge in [0.25, 0.3) is 0 Å². The molecule has 0 amide bonds. The summed E-state index contributed by atoms with van der Waals surface area (Å²) in [4.78, 5) is 0. The molecule has 1 unspecified atom stereocenters. The molecule has 1 aromatic carbocycles. The molecule has 0 fully saturated rings. The third-order valence-electron chi connectivity index (χ3n) is 2.21. The minimum absolute atomic E-state index is 0.506. The van der Waals surface area contributed by atoms with Crippen LogP contribution in [0.25, 0.3) is 0 Å². The third kappa shape index (κ3) is 4.69. The predicted molar refractivity (Wildman–Crippen MR) is 67.2 cm³/mol. The highest BCUT2D eigenvalue weighted by Gasteiger charge is 2.09. The van der Waals surface area contributed by atoms with Crippen LogP contribution in [-0.4, -0.2) is 26.0 Å². The van der Waals surface area contributed by atoms with Gasteiger partial charge in [0.1, 0.15) is 0 Å². The van der Waals surface area contributed by atoms with Gasteiger partial charge in [-0.2, -0.15) is 11.8 Å². The first kappa shape index (κ1) is 12.6. The molecule has 0 aliphatic rings. The second-order valence-electron chi connectivity index (χ2n) is 3.34. The maximum Gasteiger partial charge on any atom is 0.0553 e. The van der Waals surface area contributed by atoms with Crippen molar-refractivity contribution in [2.24, 2.45) is 5.73 Å². The van der Waals surface area contributed by atoms with Gasteiger partial charge in [0.2, 0.25) is 0 Å². The predicted octanol–water partition coefficient (Wildman–Crippen LogP) is 2.46. The first-order valence-electron chi connectivity index (χ1n) is 5.24. The number of rotatable bonds is 7. The number of hydrogen-bond acceptors (Lipinski definition) is 3. The molecule has 0 saturated heterocycles. The molecule has 0 aliphatic carbocycles. The molecule has 84 valence electrons. The molecule has 0 heterocycles. The fourth-order valence-electron chi connectivity index (χ4n) is 1.44. The monoisotopic (exact) mass is 225 g/mol. The summed E-state index contributed by atoms with van der Waals surface area (Å²) in [5, 5.41) is 0.506. The summed E-state index contributed by atoms with van der Waals surface area (Å²) in [7, 11) is 1.74. The summed E-state index contributed by atoms with van der Waals surface area (Å²) in [6.07, 6.45) is 1.03. The van der Waals surface area contributed by atoms with Crippen molar-refractivity contribution >= 4 is 11.8 Å². The van der Waals surface area contributed by atoms with Crippen LogP contribution < -0.4 is 5.73 Å². The average molecular weight is 225 g/mol. The van der Waals surface area contributed by atoms with Gasteiger partial charge < -0.3 is 10.5 Å². The Morgan fingerprint density at radius 1 is 1.33 bits per heavy atom. The van der Waals surface area contributed by atoms with Crippen molar-refractivity contribution in [3.63, 3.8) is 0 Å². The summed E-state index contributed by atoms with van der Waals surface area (Å²) in [5.41, 5.74) is 6.99. The van der Waals surface area contributed by atoms with E-state index in [1.807, 2.05) is 17.8 Å². The molecule has 1 atom stereocenters. The summed E-state index contributed by atoms with van der Waals surface area (Å²) in [5.74, 6) is 1.02. The lowest BCUT2D eigenvalue weighted by Gasteiger charge is -2.15. The molecule has 0 aromatic heterocycles. The molecule has 0 saturated carbocycles. The zero-order chi connectivity index (χ0) is 10.9. The van der Waals surface area contributed by atoms with E-state index in [1.165, 1.54) is 5.56 Å². The fourth-order valence-corrected chi connectivity index (χ4v) is 2.64. The molecule has 3 heteroatoms. The van der Waals surface area contributed by atoms with Gasteiger partial charge in [-0.1, -0.05) is 30.3 Å². The molecule has 2 N–H and O–H groups in total. The van der Waals surface area contributed by atoms with Crippen molar-refractivity contribution < 1.29 is 4.74 Å². The van der Waals surface area contributed by atoms with E-state index in [9.17, 15) is 0 Å². The number of nitrogens with two attached hydrogens (primary N) is 1. The molecule has 2 nitrogen and oxygen atoms in total. The molecule has 0 aliphatic heterocycles. The summed E-state index contributed by atoms with van der Waals surface area (Å²) >= 11 is 1.92. The van der Waals surface area contributed by atoms with Crippen molar-refractivity contribution in [1.82, 2.24) is 0 Å². The molecule has 1 rings (SSSR count). The molecule has 0 bridgehead atoms. The van der Waals surface area contributed by atoms with E-state index in [0.29, 0.717) is 5.25 Å². The standard InChI is InChI=1S/C12H19NOS/c1-14-9-10-15-12(7-8-13)11-5-3-2-4-6-11/h2-6,12H,7-10,13H2,1H3. The van der Waals surface area contributed by atoms with Gasteiger partial charge in [-0.05, 0) is 18.5 Å². The first-order valence-corrected chi connectivity index (χ1v) is 6.29. The Hall–Kier alpha value is -0.510. The lowest BCUT2D eigenvalue weighted by Crippen LogP contribution is -2.06. The molecule has 1 aromatic rings. The highest BCUT2D eigenvalue weighted by atomic mass is 32.2. The van der Waals surface area contributed by atoms with Gasteiger partial charge in [-0.25, -0.2) is 0 Å². The second-order valence-corrected chi connectivity index (χ2v) is 4.65. The zero-order valence-corrected chi connectivity index (χ0v) is 10.0. The lowest BCUT2D eigenvalue weighted by atomic mass is 10.1. The third-order valence-corrected chi connectivity index (χ3v) is 3.52. The van der Waals surface area contributed by atoms with Gasteiger partial charge in [0, 0.05) is 18.1 Å². The Labute approximate surface area is 96.2 Å². The Kier molecular flexibility index (Phi) is 6.48. The molecule has 15 heavy (non-hydrogen) atoms. The number of ether oxygens (including phenoxy) is 1. The van der Waals surface area contributed by atoms with Gasteiger partial charge in [-0.15, -0.1) is 0 Å². The number of hydrogen-bond donors (Lipinski definition) is 1. The van der Waals surface area contributed by atoms with Crippen molar-refractivity contribution in [3.05, 3.63) is 35.9 Å². The average Bonchev–Trinajstić information content (AvgIpc) is 2.29. The van der Waals surface area contributed by atoms with Gasteiger partial charge in [0.05, 0.1) is 6.61 Å². The van der Waals surface area contributed by atoms with Crippen LogP contribution in [-0.2, 0) is 4.74 Å². The van der Waals surface area contributed by atoms with Gasteiger partial charge >= 0.3 is 0 Å². The smallest absolute Gasteiger partial charge is 0.0553 e. The fraction of sp³-hybridized carbons (Fsp3) is 0.500. The second kappa shape index (κ2) is 7.74. The van der Waals surface area contributed by atoms with Crippen molar-refractivity contribution in [3.8, 4) is 0 Å². The van der Waals surface area contributed by atoms with Crippen LogP contribution in [0.4, 0.5) is 0 Å². The summed E-state index contributed by atoms with van der Waals surface area (Å²) in [6, 6.07) is 10.5. The SMILES string of the molecule is COCCSC(CCN)c1ccccc1. The van der Waals surface area contributed by atoms with Crippen molar-refractivity contribution in [2.45, 2.75) is 11.7 Å². The van der Waals surface area contributed by atoms with Crippen LogP contribution in [0.5, 0.6) is 0 Å². The zero-order valence-electron chi connectivity index (χ0n) is 9.19. The summed E-state index contributed by atoms with van der Waals surface area (Å²) in [6.45, 7) is 1.54. The maximum atomic E-state index is 5.63. The first-order chi connectivity index (χ1) is 7.38. The van der Waals surface area contributed by atoms with Gasteiger partial charge in [0.15, 0.2) is 0 Å². The van der Waals surface area contributed by atoms with Crippen molar-refractivity contribution in [1.29, 1.82) is 0 Å². The van der Waals surface area contributed by atoms with E-state index in [4.69, 9.17) is 10.5 Å². The normalized spacial score (nSPS) is 12.7.